The van der Waals surface area contributed by atoms with E-state index in [1.165, 1.54) is 0 Å². The van der Waals surface area contributed by atoms with E-state index >= 15 is 0 Å². The monoisotopic (exact) mass is 773 g/mol. The molecule has 5 N–H and O–H groups in total. The van der Waals surface area contributed by atoms with Crippen molar-refractivity contribution in [2.24, 2.45) is 22.7 Å². The fraction of sp³-hybridized carbons (Fsp3) is 0.541. The third-order valence-electron chi connectivity index (χ3n) is 12.1. The Kier molecular flexibility index (Phi) is 8.99. The van der Waals surface area contributed by atoms with Gasteiger partial charge in [0.15, 0.2) is 5.78 Å². The van der Waals surface area contributed by atoms with E-state index in [-0.39, 0.29) is 30.9 Å². The molecule has 11 atom stereocenters. The Labute approximate surface area is 294 Å². The van der Waals surface area contributed by atoms with E-state index in [9.17, 15) is 34.8 Å². The molecule has 48 heavy (non-hydrogen) atoms. The smallest absolute Gasteiger partial charge is 0.321 e. The molecule has 4 aliphatic rings. The summed E-state index contributed by atoms with van der Waals surface area (Å²) in [6.07, 6.45) is -4.77. The standard InChI is InChI=1S/C37H44INO9/c1-19-23(48-33(44)27(38)28(21-12-8-6-9-13-21)39-32(43)22-14-10-7-11-15-22)17-37(46)20(2)30-35(5,24(40)16-25-36(30,45)18-47-25)31(42)29(41)26(19)34(37,3)4/h6-15,20,23-25,27-30,40-41,45-46H,16-18H2,1-5H3,(H,39,43)/t20-,23?,24?,25?,27?,28?,29?,30?,35+,36?,37?/m0/s1. The van der Waals surface area contributed by atoms with Crippen LogP contribution in [0.15, 0.2) is 71.8 Å². The SMILES string of the molecule is CC1=C2C(O)C(=O)[C@]3(C)C(O)CC4OCC4(O)C3[C@H](C)C(O)(CC1OC(=O)C(I)C(NC(=O)c1ccccc1)c1ccccc1)C2(C)C. The first-order valence-corrected chi connectivity index (χ1v) is 17.7. The summed E-state index contributed by atoms with van der Waals surface area (Å²) in [6.45, 7) is 8.44. The van der Waals surface area contributed by atoms with Crippen LogP contribution in [0.4, 0.5) is 0 Å². The second kappa shape index (κ2) is 12.3. The Bertz CT molecular complexity index is 1630. The van der Waals surface area contributed by atoms with Gasteiger partial charge in [0.05, 0.1) is 35.9 Å². The number of benzene rings is 2. The summed E-state index contributed by atoms with van der Waals surface area (Å²) < 4.78 is 10.9. The lowest BCUT2D eigenvalue weighted by Crippen LogP contribution is -2.78. The van der Waals surface area contributed by atoms with Crippen molar-refractivity contribution in [3.05, 3.63) is 82.9 Å². The van der Waals surface area contributed by atoms with Gasteiger partial charge in [0, 0.05) is 29.7 Å². The first-order valence-electron chi connectivity index (χ1n) is 16.4. The second-order valence-electron chi connectivity index (χ2n) is 14.8. The van der Waals surface area contributed by atoms with Crippen molar-refractivity contribution in [2.75, 3.05) is 6.61 Å². The highest BCUT2D eigenvalue weighted by atomic mass is 127. The number of alkyl halides is 1. The van der Waals surface area contributed by atoms with E-state index in [0.717, 1.165) is 0 Å². The Morgan fingerprint density at radius 1 is 1.02 bits per heavy atom. The minimum absolute atomic E-state index is 0.0230. The second-order valence-corrected chi connectivity index (χ2v) is 16.1. The first-order chi connectivity index (χ1) is 22.5. The number of amides is 1. The van der Waals surface area contributed by atoms with Crippen LogP contribution in [0.1, 0.15) is 69.4 Å². The predicted octanol–water partition coefficient (Wildman–Crippen LogP) is 3.45. The zero-order valence-electron chi connectivity index (χ0n) is 27.7. The molecule has 0 spiro atoms. The first kappa shape index (κ1) is 35.2. The van der Waals surface area contributed by atoms with E-state index in [1.54, 1.807) is 65.0 Å². The normalized spacial score (nSPS) is 38.2. The molecule has 3 aliphatic carbocycles. The maximum absolute atomic E-state index is 14.3. The van der Waals surface area contributed by atoms with Crippen LogP contribution in [0.25, 0.3) is 0 Å². The van der Waals surface area contributed by atoms with Gasteiger partial charge in [0.25, 0.3) is 5.91 Å². The Morgan fingerprint density at radius 2 is 1.62 bits per heavy atom. The fourth-order valence-electron chi connectivity index (χ4n) is 9.25. The average molecular weight is 774 g/mol. The predicted molar refractivity (Wildman–Crippen MR) is 184 cm³/mol. The van der Waals surface area contributed by atoms with Crippen molar-refractivity contribution < 1.29 is 44.3 Å². The molecular formula is C37H44INO9. The number of carbonyl (C=O) groups is 3. The highest BCUT2D eigenvalue weighted by Gasteiger charge is 2.74. The van der Waals surface area contributed by atoms with Gasteiger partial charge in [-0.3, -0.25) is 14.4 Å². The quantitative estimate of drug-likeness (QED) is 0.128. The third kappa shape index (κ3) is 5.10. The molecule has 258 valence electrons. The van der Waals surface area contributed by atoms with Crippen molar-refractivity contribution in [3.63, 3.8) is 0 Å². The van der Waals surface area contributed by atoms with Crippen LogP contribution in [0.2, 0.25) is 0 Å². The molecule has 2 saturated carbocycles. The molecule has 2 aromatic carbocycles. The summed E-state index contributed by atoms with van der Waals surface area (Å²) in [5, 5.41) is 50.9. The lowest BCUT2D eigenvalue weighted by atomic mass is 9.43. The maximum Gasteiger partial charge on any atom is 0.321 e. The van der Waals surface area contributed by atoms with E-state index in [1.807, 2.05) is 52.9 Å². The molecule has 1 amide bonds. The number of ketones is 1. The van der Waals surface area contributed by atoms with Crippen LogP contribution >= 0.6 is 22.6 Å². The minimum Gasteiger partial charge on any atom is -0.457 e. The number of ether oxygens (including phenoxy) is 2. The number of hydrogen-bond donors (Lipinski definition) is 5. The van der Waals surface area contributed by atoms with Gasteiger partial charge in [0.2, 0.25) is 0 Å². The van der Waals surface area contributed by atoms with Gasteiger partial charge < -0.3 is 35.2 Å². The Morgan fingerprint density at radius 3 is 2.21 bits per heavy atom. The number of carbonyl (C=O) groups excluding carboxylic acids is 3. The summed E-state index contributed by atoms with van der Waals surface area (Å²) in [4.78, 5) is 41.6. The molecule has 11 heteroatoms. The number of hydrogen-bond acceptors (Lipinski definition) is 9. The average Bonchev–Trinajstić information content (AvgIpc) is 3.06. The number of aliphatic hydroxyl groups is 4. The highest BCUT2D eigenvalue weighted by Crippen LogP contribution is 2.64. The number of aliphatic hydroxyl groups excluding tert-OH is 2. The van der Waals surface area contributed by atoms with Crippen molar-refractivity contribution >= 4 is 40.3 Å². The van der Waals surface area contributed by atoms with Gasteiger partial charge >= 0.3 is 5.97 Å². The molecule has 9 unspecified atom stereocenters. The Balaban J connectivity index is 1.37. The molecule has 1 aliphatic heterocycles. The number of nitrogens with one attached hydrogen (secondary N) is 1. The summed E-state index contributed by atoms with van der Waals surface area (Å²) in [6, 6.07) is 17.0. The van der Waals surface area contributed by atoms with Crippen LogP contribution in [-0.4, -0.2) is 84.2 Å². The van der Waals surface area contributed by atoms with Gasteiger partial charge in [-0.25, -0.2) is 0 Å². The van der Waals surface area contributed by atoms with Gasteiger partial charge in [-0.1, -0.05) is 91.9 Å². The van der Waals surface area contributed by atoms with Crippen molar-refractivity contribution in [3.8, 4) is 0 Å². The zero-order chi connectivity index (χ0) is 35.0. The molecule has 3 fully saturated rings. The van der Waals surface area contributed by atoms with Gasteiger partial charge in [-0.15, -0.1) is 0 Å². The summed E-state index contributed by atoms with van der Waals surface area (Å²) in [5.41, 5.74) is -4.18. The topological polar surface area (TPSA) is 163 Å². The largest absolute Gasteiger partial charge is 0.457 e. The van der Waals surface area contributed by atoms with Crippen LogP contribution in [0.5, 0.6) is 0 Å². The molecule has 1 heterocycles. The van der Waals surface area contributed by atoms with E-state index < -0.39 is 80.0 Å². The number of Topliss-reactive ketones (excluding diaryl/α,β-unsaturated/α-hetero) is 1. The summed E-state index contributed by atoms with van der Waals surface area (Å²) >= 11 is 1.96. The molecule has 1 saturated heterocycles. The van der Waals surface area contributed by atoms with Gasteiger partial charge in [0.1, 0.15) is 21.7 Å². The molecule has 0 radical (unpaired) electrons. The lowest BCUT2D eigenvalue weighted by Gasteiger charge is -2.67. The van der Waals surface area contributed by atoms with E-state index in [0.29, 0.717) is 16.7 Å². The van der Waals surface area contributed by atoms with Gasteiger partial charge in [-0.05, 0) is 48.6 Å². The van der Waals surface area contributed by atoms with Crippen LogP contribution in [-0.2, 0) is 19.1 Å². The number of rotatable bonds is 6. The molecule has 2 aromatic rings. The van der Waals surface area contributed by atoms with E-state index in [4.69, 9.17) is 9.47 Å². The zero-order valence-corrected chi connectivity index (χ0v) is 29.9. The van der Waals surface area contributed by atoms with Crippen LogP contribution < -0.4 is 5.32 Å². The van der Waals surface area contributed by atoms with Crippen molar-refractivity contribution in [1.82, 2.24) is 5.32 Å². The number of halogens is 1. The maximum atomic E-state index is 14.3. The fourth-order valence-corrected chi connectivity index (χ4v) is 10.00. The summed E-state index contributed by atoms with van der Waals surface area (Å²) in [5.74, 6) is -3.44. The number of esters is 1. The molecule has 6 rings (SSSR count). The molecule has 2 bridgehead atoms. The lowest BCUT2D eigenvalue weighted by molar-refractivity contribution is -0.335. The van der Waals surface area contributed by atoms with Gasteiger partial charge in [-0.2, -0.15) is 0 Å². The summed E-state index contributed by atoms with van der Waals surface area (Å²) in [7, 11) is 0. The van der Waals surface area contributed by atoms with Crippen LogP contribution in [0, 0.1) is 22.7 Å². The highest BCUT2D eigenvalue weighted by molar-refractivity contribution is 14.1. The molecule has 10 nitrogen and oxygen atoms in total. The third-order valence-corrected chi connectivity index (χ3v) is 13.3. The van der Waals surface area contributed by atoms with Crippen molar-refractivity contribution in [1.29, 1.82) is 0 Å². The molecular weight excluding hydrogens is 729 g/mol. The number of fused-ring (bicyclic) bond motifs is 5. The Hall–Kier alpha value is -2.68. The van der Waals surface area contributed by atoms with Crippen LogP contribution in [0.3, 0.4) is 0 Å². The van der Waals surface area contributed by atoms with Crippen molar-refractivity contribution in [2.45, 2.75) is 93.0 Å². The minimum atomic E-state index is -1.73. The molecule has 0 aromatic heterocycles. The van der Waals surface area contributed by atoms with E-state index in [2.05, 4.69) is 5.32 Å².